The maximum Gasteiger partial charge on any atom is 0.416 e. The third-order valence-corrected chi connectivity index (χ3v) is 4.34. The number of alkyl halides is 3. The van der Waals surface area contributed by atoms with E-state index in [2.05, 4.69) is 15.6 Å². The van der Waals surface area contributed by atoms with Crippen molar-refractivity contribution in [2.24, 2.45) is 0 Å². The van der Waals surface area contributed by atoms with Gasteiger partial charge < -0.3 is 5.32 Å². The van der Waals surface area contributed by atoms with Crippen molar-refractivity contribution in [2.45, 2.75) is 6.18 Å². The first-order valence-corrected chi connectivity index (χ1v) is 7.83. The van der Waals surface area contributed by atoms with E-state index in [1.165, 1.54) is 11.3 Å². The number of hydrogen-bond donors (Lipinski definition) is 2. The quantitative estimate of drug-likeness (QED) is 0.615. The second-order valence-corrected chi connectivity index (χ2v) is 6.20. The van der Waals surface area contributed by atoms with Crippen LogP contribution in [0.5, 0.6) is 0 Å². The molecule has 0 aliphatic heterocycles. The van der Waals surface area contributed by atoms with Crippen LogP contribution in [-0.4, -0.2) is 11.0 Å². The maximum atomic E-state index is 12.7. The number of anilines is 2. The minimum atomic E-state index is -4.52. The van der Waals surface area contributed by atoms with Crippen LogP contribution < -0.4 is 10.6 Å². The van der Waals surface area contributed by atoms with E-state index in [9.17, 15) is 18.0 Å². The van der Waals surface area contributed by atoms with Crippen molar-refractivity contribution in [1.82, 2.24) is 4.98 Å². The monoisotopic (exact) mass is 371 g/mol. The van der Waals surface area contributed by atoms with Gasteiger partial charge in [0.05, 0.1) is 26.5 Å². The summed E-state index contributed by atoms with van der Waals surface area (Å²) in [7, 11) is 0. The Hall–Kier alpha value is -2.32. The lowest BCUT2D eigenvalue weighted by Crippen LogP contribution is -2.20. The van der Waals surface area contributed by atoms with Crippen LogP contribution in [0.25, 0.3) is 10.2 Å². The molecule has 2 amide bonds. The fraction of sp³-hybridized carbons (Fsp3) is 0.0667. The molecule has 0 unspecified atom stereocenters. The Morgan fingerprint density at radius 3 is 2.58 bits per heavy atom. The molecular weight excluding hydrogens is 363 g/mol. The summed E-state index contributed by atoms with van der Waals surface area (Å²) >= 11 is 7.09. The Kier molecular flexibility index (Phi) is 4.33. The fourth-order valence-electron chi connectivity index (χ4n) is 1.97. The van der Waals surface area contributed by atoms with E-state index in [0.29, 0.717) is 5.13 Å². The van der Waals surface area contributed by atoms with E-state index in [1.54, 1.807) is 6.07 Å². The van der Waals surface area contributed by atoms with Crippen molar-refractivity contribution in [3.8, 4) is 0 Å². The molecule has 3 rings (SSSR count). The van der Waals surface area contributed by atoms with Crippen LogP contribution in [0, 0.1) is 0 Å². The van der Waals surface area contributed by atoms with Crippen LogP contribution in [0.3, 0.4) is 0 Å². The molecule has 0 saturated heterocycles. The number of thiazole rings is 1. The number of para-hydroxylation sites is 1. The number of benzene rings is 2. The molecule has 0 saturated carbocycles. The van der Waals surface area contributed by atoms with Crippen molar-refractivity contribution in [3.63, 3.8) is 0 Å². The number of urea groups is 1. The molecule has 0 aliphatic carbocycles. The minimum Gasteiger partial charge on any atom is -0.306 e. The molecule has 3 aromatic rings. The highest BCUT2D eigenvalue weighted by atomic mass is 35.5. The third-order valence-electron chi connectivity index (χ3n) is 3.06. The first kappa shape index (κ1) is 16.5. The molecule has 0 spiro atoms. The van der Waals surface area contributed by atoms with Crippen molar-refractivity contribution in [2.75, 3.05) is 10.6 Å². The van der Waals surface area contributed by atoms with Crippen LogP contribution in [-0.2, 0) is 6.18 Å². The lowest BCUT2D eigenvalue weighted by atomic mass is 10.2. The molecule has 2 N–H and O–H groups in total. The van der Waals surface area contributed by atoms with Gasteiger partial charge in [-0.25, -0.2) is 9.78 Å². The van der Waals surface area contributed by atoms with Crippen molar-refractivity contribution >= 4 is 50.0 Å². The molecule has 0 bridgehead atoms. The summed E-state index contributed by atoms with van der Waals surface area (Å²) in [6, 6.07) is 9.27. The number of nitrogens with zero attached hydrogens (tertiary/aromatic N) is 1. The van der Waals surface area contributed by atoms with Gasteiger partial charge in [-0.15, -0.1) is 0 Å². The lowest BCUT2D eigenvalue weighted by Gasteiger charge is -2.11. The highest BCUT2D eigenvalue weighted by Crippen LogP contribution is 2.34. The van der Waals surface area contributed by atoms with Crippen LogP contribution in [0.2, 0.25) is 5.02 Å². The first-order valence-electron chi connectivity index (χ1n) is 6.63. The smallest absolute Gasteiger partial charge is 0.306 e. The minimum absolute atomic E-state index is 0.00227. The first-order chi connectivity index (χ1) is 11.3. The van der Waals surface area contributed by atoms with E-state index in [1.807, 2.05) is 18.2 Å². The zero-order valence-corrected chi connectivity index (χ0v) is 13.4. The highest BCUT2D eigenvalue weighted by Gasteiger charge is 2.31. The summed E-state index contributed by atoms with van der Waals surface area (Å²) in [6.45, 7) is 0. The van der Waals surface area contributed by atoms with E-state index >= 15 is 0 Å². The zero-order chi connectivity index (χ0) is 17.3. The molecule has 0 atom stereocenters. The van der Waals surface area contributed by atoms with Crippen LogP contribution in [0.15, 0.2) is 42.5 Å². The Morgan fingerprint density at radius 2 is 1.88 bits per heavy atom. The summed E-state index contributed by atoms with van der Waals surface area (Å²) in [4.78, 5) is 16.2. The van der Waals surface area contributed by atoms with E-state index < -0.39 is 17.8 Å². The molecule has 0 fully saturated rings. The average molecular weight is 372 g/mol. The summed E-state index contributed by atoms with van der Waals surface area (Å²) in [5.74, 6) is 0. The van der Waals surface area contributed by atoms with Gasteiger partial charge in [-0.1, -0.05) is 35.1 Å². The SMILES string of the molecule is O=C(Nc1nc2ccccc2s1)Nc1cc(C(F)(F)F)ccc1Cl. The predicted octanol–water partition coefficient (Wildman–Crippen LogP) is 5.61. The number of fused-ring (bicyclic) bond motifs is 1. The largest absolute Gasteiger partial charge is 0.416 e. The molecule has 1 heterocycles. The Morgan fingerprint density at radius 1 is 1.12 bits per heavy atom. The fourth-order valence-corrected chi connectivity index (χ4v) is 3.00. The molecule has 9 heteroatoms. The highest BCUT2D eigenvalue weighted by molar-refractivity contribution is 7.22. The summed E-state index contributed by atoms with van der Waals surface area (Å²) in [5.41, 5.74) is -0.317. The molecule has 24 heavy (non-hydrogen) atoms. The second kappa shape index (κ2) is 6.29. The van der Waals surface area contributed by atoms with Gasteiger partial charge in [-0.3, -0.25) is 5.32 Å². The molecule has 124 valence electrons. The van der Waals surface area contributed by atoms with Gasteiger partial charge in [0.2, 0.25) is 0 Å². The van der Waals surface area contributed by atoms with Crippen LogP contribution in [0.4, 0.5) is 28.8 Å². The molecule has 0 aliphatic rings. The number of carbonyl (C=O) groups excluding carboxylic acids is 1. The van der Waals surface area contributed by atoms with E-state index in [4.69, 9.17) is 11.6 Å². The number of aromatic nitrogens is 1. The van der Waals surface area contributed by atoms with Crippen LogP contribution in [0.1, 0.15) is 5.56 Å². The summed E-state index contributed by atoms with van der Waals surface area (Å²) < 4.78 is 39.0. The second-order valence-electron chi connectivity index (χ2n) is 4.76. The van der Waals surface area contributed by atoms with Gasteiger partial charge in [0.25, 0.3) is 0 Å². The van der Waals surface area contributed by atoms with E-state index in [0.717, 1.165) is 28.4 Å². The lowest BCUT2D eigenvalue weighted by molar-refractivity contribution is -0.137. The van der Waals surface area contributed by atoms with Crippen molar-refractivity contribution in [1.29, 1.82) is 0 Å². The topological polar surface area (TPSA) is 54.0 Å². The Bertz CT molecular complexity index is 877. The summed E-state index contributed by atoms with van der Waals surface area (Å²) in [5, 5.41) is 5.12. The van der Waals surface area contributed by atoms with Gasteiger partial charge in [0.1, 0.15) is 0 Å². The number of rotatable bonds is 2. The predicted molar refractivity (Wildman–Crippen MR) is 88.7 cm³/mol. The third kappa shape index (κ3) is 3.60. The molecular formula is C15H9ClF3N3OS. The van der Waals surface area contributed by atoms with Crippen molar-refractivity contribution in [3.05, 3.63) is 53.1 Å². The van der Waals surface area contributed by atoms with Gasteiger partial charge in [-0.2, -0.15) is 13.2 Å². The van der Waals surface area contributed by atoms with Gasteiger partial charge in [0, 0.05) is 0 Å². The number of carbonyl (C=O) groups is 1. The van der Waals surface area contributed by atoms with E-state index in [-0.39, 0.29) is 10.7 Å². The number of hydrogen-bond acceptors (Lipinski definition) is 3. The van der Waals surface area contributed by atoms with Crippen molar-refractivity contribution < 1.29 is 18.0 Å². The number of amides is 2. The number of nitrogens with one attached hydrogen (secondary N) is 2. The Balaban J connectivity index is 1.77. The number of halogens is 4. The van der Waals surface area contributed by atoms with Gasteiger partial charge in [0.15, 0.2) is 5.13 Å². The molecule has 0 radical (unpaired) electrons. The standard InChI is InChI=1S/C15H9ClF3N3OS/c16-9-6-5-8(15(17,18)19)7-11(9)20-13(23)22-14-21-10-3-1-2-4-12(10)24-14/h1-7H,(H2,20,21,22,23). The normalized spacial score (nSPS) is 11.5. The van der Waals surface area contributed by atoms with Crippen LogP contribution >= 0.6 is 22.9 Å². The maximum absolute atomic E-state index is 12.7. The summed E-state index contributed by atoms with van der Waals surface area (Å²) in [6.07, 6.45) is -4.52. The van der Waals surface area contributed by atoms with Gasteiger partial charge >= 0.3 is 12.2 Å². The molecule has 4 nitrogen and oxygen atoms in total. The zero-order valence-electron chi connectivity index (χ0n) is 11.8. The van der Waals surface area contributed by atoms with Gasteiger partial charge in [-0.05, 0) is 30.3 Å². The average Bonchev–Trinajstić information content (AvgIpc) is 2.90. The molecule has 1 aromatic heterocycles. The molecule has 2 aromatic carbocycles. The Labute approximate surface area is 143 Å².